The molecular weight excluding hydrogens is 472 g/mol. The van der Waals surface area contributed by atoms with Crippen molar-refractivity contribution in [1.29, 1.82) is 0 Å². The molecule has 0 spiro atoms. The Labute approximate surface area is 180 Å². The number of carbonyl (C=O) groups is 1. The van der Waals surface area contributed by atoms with Crippen molar-refractivity contribution >= 4 is 61.4 Å². The third kappa shape index (κ3) is 4.60. The van der Waals surface area contributed by atoms with Crippen LogP contribution in [0.4, 0.5) is 10.3 Å². The van der Waals surface area contributed by atoms with Crippen molar-refractivity contribution in [2.24, 2.45) is 9.98 Å². The van der Waals surface area contributed by atoms with Crippen LogP contribution in [0.1, 0.15) is 22.3 Å². The number of aryl methyl sites for hydroxylation is 1. The molecule has 0 aromatic carbocycles. The average Bonchev–Trinajstić information content (AvgIpc) is 3.36. The summed E-state index contributed by atoms with van der Waals surface area (Å²) in [6.07, 6.45) is 1.71. The van der Waals surface area contributed by atoms with E-state index in [9.17, 15) is 4.79 Å². The van der Waals surface area contributed by atoms with Gasteiger partial charge in [-0.2, -0.15) is 22.7 Å². The monoisotopic (exact) mass is 481 g/mol. The fraction of sp³-hybridized carbons (Fsp3) is 0.133. The van der Waals surface area contributed by atoms with Gasteiger partial charge in [0, 0.05) is 17.1 Å². The van der Waals surface area contributed by atoms with Crippen LogP contribution >= 0.6 is 45.3 Å². The normalized spacial score (nSPS) is 12.4. The molecule has 0 saturated heterocycles. The predicted octanol–water partition coefficient (Wildman–Crippen LogP) is 3.28. The zero-order valence-corrected chi connectivity index (χ0v) is 18.0. The molecule has 0 amide bonds. The molecule has 0 N–H and O–H groups in total. The van der Waals surface area contributed by atoms with E-state index in [0.717, 1.165) is 11.4 Å². The van der Waals surface area contributed by atoms with Crippen LogP contribution in [-0.4, -0.2) is 15.8 Å². The van der Waals surface area contributed by atoms with Gasteiger partial charge in [-0.25, -0.2) is 9.97 Å². The fourth-order valence-corrected chi connectivity index (χ4v) is 4.87. The Morgan fingerprint density at radius 1 is 1.07 bits per heavy atom. The first kappa shape index (κ1) is 20.1. The van der Waals surface area contributed by atoms with E-state index in [0.29, 0.717) is 30.4 Å². The van der Waals surface area contributed by atoms with Gasteiger partial charge in [-0.05, 0) is 28.2 Å². The van der Waals surface area contributed by atoms with Gasteiger partial charge in [0.15, 0.2) is 5.78 Å². The molecule has 0 aliphatic heterocycles. The van der Waals surface area contributed by atoms with E-state index in [1.807, 2.05) is 23.1 Å². The van der Waals surface area contributed by atoms with Crippen LogP contribution in [0.15, 0.2) is 32.3 Å². The molecule has 0 atom stereocenters. The number of Topliss-reactive ketones (excluding diaryl/α,β-unsaturated/α-hetero) is 1. The molecule has 4 rings (SSSR count). The summed E-state index contributed by atoms with van der Waals surface area (Å²) in [6, 6.07) is 0. The van der Waals surface area contributed by atoms with Crippen molar-refractivity contribution in [3.05, 3.63) is 42.5 Å². The molecule has 7 nitrogen and oxygen atoms in total. The van der Waals surface area contributed by atoms with Gasteiger partial charge in [0.1, 0.15) is 10.3 Å². The Bertz CT molecular complexity index is 1190. The minimum atomic E-state index is 0. The number of hydrogen-bond donors (Lipinski definition) is 0. The number of thiazole rings is 4. The van der Waals surface area contributed by atoms with Crippen LogP contribution in [0.3, 0.4) is 0 Å². The third-order valence-electron chi connectivity index (χ3n) is 3.15. The van der Waals surface area contributed by atoms with Crippen LogP contribution < -0.4 is 19.6 Å². The van der Waals surface area contributed by atoms with Crippen molar-refractivity contribution in [2.75, 3.05) is 0 Å². The molecule has 141 valence electrons. The van der Waals surface area contributed by atoms with Crippen molar-refractivity contribution in [1.82, 2.24) is 19.9 Å². The molecule has 0 bridgehead atoms. The summed E-state index contributed by atoms with van der Waals surface area (Å²) in [7, 11) is 0. The predicted molar refractivity (Wildman–Crippen MR) is 104 cm³/mol. The quantitative estimate of drug-likeness (QED) is 0.329. The Morgan fingerprint density at radius 3 is 2.59 bits per heavy atom. The molecule has 0 unspecified atom stereocenters. The summed E-state index contributed by atoms with van der Waals surface area (Å²) in [4.78, 5) is 39.6. The van der Waals surface area contributed by atoms with Crippen LogP contribution in [0.5, 0.6) is 0 Å². The number of aromatic nitrogens is 4. The Kier molecular flexibility index (Phi) is 6.35. The molecule has 1 radical (unpaired) electrons. The summed E-state index contributed by atoms with van der Waals surface area (Å²) < 4.78 is 0. The van der Waals surface area contributed by atoms with E-state index in [-0.39, 0.29) is 22.9 Å². The first-order chi connectivity index (χ1) is 12.6. The topological polar surface area (TPSA) is 95.8 Å². The summed E-state index contributed by atoms with van der Waals surface area (Å²) >= 11 is 5.59. The van der Waals surface area contributed by atoms with Gasteiger partial charge in [0.05, 0.1) is 16.3 Å². The average molecular weight is 482 g/mol. The maximum absolute atomic E-state index is 11.5. The minimum Gasteiger partial charge on any atom is -0.433 e. The van der Waals surface area contributed by atoms with Crippen LogP contribution in [-0.2, 0) is 17.1 Å². The van der Waals surface area contributed by atoms with E-state index in [1.165, 1.54) is 52.3 Å². The maximum atomic E-state index is 11.5. The minimum absolute atomic E-state index is 0. The number of nitrogens with zero attached hydrogens (tertiary/aromatic N) is 6. The molecule has 12 heteroatoms. The van der Waals surface area contributed by atoms with Gasteiger partial charge >= 0.3 is 17.1 Å². The summed E-state index contributed by atoms with van der Waals surface area (Å²) in [5.74, 6) is 0.000242. The van der Waals surface area contributed by atoms with Crippen molar-refractivity contribution in [2.45, 2.75) is 13.8 Å². The van der Waals surface area contributed by atoms with E-state index in [2.05, 4.69) is 29.9 Å². The molecule has 27 heavy (non-hydrogen) atoms. The molecule has 0 aliphatic carbocycles. The van der Waals surface area contributed by atoms with Gasteiger partial charge < -0.3 is 20.0 Å². The summed E-state index contributed by atoms with van der Waals surface area (Å²) in [5, 5.41) is 6.86. The van der Waals surface area contributed by atoms with E-state index >= 15 is 0 Å². The van der Waals surface area contributed by atoms with Gasteiger partial charge in [-0.15, -0.1) is 22.7 Å². The van der Waals surface area contributed by atoms with E-state index in [4.69, 9.17) is 0 Å². The van der Waals surface area contributed by atoms with Crippen LogP contribution in [0, 0.1) is 6.92 Å². The smallest absolute Gasteiger partial charge is 0.433 e. The Morgan fingerprint density at radius 2 is 1.89 bits per heavy atom. The largest absolute Gasteiger partial charge is 2.00 e. The van der Waals surface area contributed by atoms with Crippen LogP contribution in [0.2, 0.25) is 0 Å². The van der Waals surface area contributed by atoms with Gasteiger partial charge in [-0.1, -0.05) is 6.20 Å². The number of carbonyl (C=O) groups excluding carboxylic acids is 1. The SMILES string of the molecule is CC(=O)c1sc(/N=c2\[n-]c(-c3csc(/N=c4\[n-]ccs4)n3)cs2)nc1C.[Cu+2]. The first-order valence-electron chi connectivity index (χ1n) is 7.31. The molecule has 0 aliphatic rings. The second kappa shape index (κ2) is 8.55. The second-order valence-electron chi connectivity index (χ2n) is 5.04. The third-order valence-corrected chi connectivity index (χ3v) is 6.44. The molecule has 4 aromatic rings. The molecule has 4 heterocycles. The maximum Gasteiger partial charge on any atom is 2.00 e. The van der Waals surface area contributed by atoms with E-state index in [1.54, 1.807) is 6.20 Å². The standard InChI is InChI=1S/C15H11N6OS4.Cu/c1-7-11(8(2)22)26-15(17-7)21-14-19-10(6-25-14)9-5-24-13(18-9)20-12-16-3-4-23-12;/h3-6H,1-2H3,(H-,16,17,18,19,20,21,22);/q-1;+2/p-1. The van der Waals surface area contributed by atoms with Gasteiger partial charge in [0.2, 0.25) is 0 Å². The number of rotatable bonds is 4. The molecular formula is C15H10CuN6OS4. The Hall–Kier alpha value is -1.69. The summed E-state index contributed by atoms with van der Waals surface area (Å²) in [6.45, 7) is 3.34. The number of ketones is 1. The fourth-order valence-electron chi connectivity index (χ4n) is 2.06. The summed E-state index contributed by atoms with van der Waals surface area (Å²) in [5.41, 5.74) is 2.19. The first-order valence-corrected chi connectivity index (χ1v) is 10.8. The van der Waals surface area contributed by atoms with Gasteiger partial charge in [0.25, 0.3) is 0 Å². The van der Waals surface area contributed by atoms with Crippen molar-refractivity contribution in [3.8, 4) is 11.4 Å². The van der Waals surface area contributed by atoms with Crippen LogP contribution in [0.25, 0.3) is 11.4 Å². The zero-order chi connectivity index (χ0) is 18.1. The second-order valence-corrected chi connectivity index (χ2v) is 8.56. The number of hydrogen-bond acceptors (Lipinski definition) is 9. The van der Waals surface area contributed by atoms with Gasteiger partial charge in [-0.3, -0.25) is 4.79 Å². The molecule has 4 aromatic heterocycles. The molecule has 0 fully saturated rings. The van der Waals surface area contributed by atoms with E-state index < -0.39 is 0 Å². The Balaban J connectivity index is 0.00000210. The molecule has 0 saturated carbocycles. The zero-order valence-electron chi connectivity index (χ0n) is 13.8. The van der Waals surface area contributed by atoms with Crippen molar-refractivity contribution < 1.29 is 21.9 Å². The van der Waals surface area contributed by atoms with Crippen molar-refractivity contribution in [3.63, 3.8) is 0 Å².